The Morgan fingerprint density at radius 2 is 1.19 bits per heavy atom. The Kier molecular flexibility index (Phi) is 16.6. The second-order valence-corrected chi connectivity index (χ2v) is 20.2. The lowest BCUT2D eigenvalue weighted by atomic mass is 9.84. The number of rotatable bonds is 17. The van der Waals surface area contributed by atoms with Crippen LogP contribution >= 0.6 is 23.5 Å². The number of carbonyl (C=O) groups excluding carboxylic acids is 5. The number of nitrogens with zero attached hydrogens (tertiary/aromatic N) is 1. The quantitative estimate of drug-likeness (QED) is 0.0705. The van der Waals surface area contributed by atoms with Crippen molar-refractivity contribution in [3.8, 4) is 0 Å². The third kappa shape index (κ3) is 12.7. The van der Waals surface area contributed by atoms with Crippen LogP contribution in [0.25, 0.3) is 0 Å². The summed E-state index contributed by atoms with van der Waals surface area (Å²) in [7, 11) is 0. The highest BCUT2D eigenvalue weighted by Crippen LogP contribution is 2.48. The zero-order valence-corrected chi connectivity index (χ0v) is 39.4. The summed E-state index contributed by atoms with van der Waals surface area (Å²) in [5.74, 6) is -1.94. The van der Waals surface area contributed by atoms with Crippen molar-refractivity contribution in [3.63, 3.8) is 0 Å². The fourth-order valence-electron chi connectivity index (χ4n) is 7.52. The van der Waals surface area contributed by atoms with E-state index in [0.717, 1.165) is 22.3 Å². The molecule has 0 saturated heterocycles. The first kappa shape index (κ1) is 48.8. The molecule has 0 bridgehead atoms. The second-order valence-electron chi connectivity index (χ2n) is 18.0. The van der Waals surface area contributed by atoms with E-state index < -0.39 is 75.8 Å². The molecule has 0 fully saturated rings. The van der Waals surface area contributed by atoms with Crippen molar-refractivity contribution in [2.45, 2.75) is 108 Å². The van der Waals surface area contributed by atoms with Gasteiger partial charge in [0, 0.05) is 17.9 Å². The molecule has 0 saturated carbocycles. The first-order chi connectivity index (χ1) is 29.8. The molecule has 3 N–H and O–H groups in total. The highest BCUT2D eigenvalue weighted by Gasteiger charge is 2.44. The summed E-state index contributed by atoms with van der Waals surface area (Å²) in [5, 5.41) is 8.73. The van der Waals surface area contributed by atoms with Crippen molar-refractivity contribution < 1.29 is 33.4 Å². The summed E-state index contributed by atoms with van der Waals surface area (Å²) in [6, 6.07) is 33.1. The van der Waals surface area contributed by atoms with Crippen molar-refractivity contribution in [1.29, 1.82) is 0 Å². The third-order valence-corrected chi connectivity index (χ3v) is 12.7. The molecule has 63 heavy (non-hydrogen) atoms. The molecule has 0 radical (unpaired) electrons. The number of carbonyl (C=O) groups is 5. The summed E-state index contributed by atoms with van der Waals surface area (Å²) in [6.07, 6.45) is 1.67. The van der Waals surface area contributed by atoms with Gasteiger partial charge >= 0.3 is 12.1 Å². The number of fused-ring (bicyclic) bond motifs is 1. The minimum absolute atomic E-state index is 0.0719. The number of ether oxygens (including phenoxy) is 2. The fraction of sp³-hybridized carbons (Fsp3) is 0.420. The summed E-state index contributed by atoms with van der Waals surface area (Å²) in [6.45, 7) is 14.2. The Morgan fingerprint density at radius 3 is 1.68 bits per heavy atom. The van der Waals surface area contributed by atoms with Crippen LogP contribution in [-0.2, 0) is 39.8 Å². The van der Waals surface area contributed by atoms with E-state index >= 15 is 4.79 Å². The molecule has 11 nitrogen and oxygen atoms in total. The van der Waals surface area contributed by atoms with Gasteiger partial charge in [0.25, 0.3) is 5.91 Å². The molecule has 4 aromatic carbocycles. The van der Waals surface area contributed by atoms with Crippen LogP contribution in [-0.4, -0.2) is 82.9 Å². The lowest BCUT2D eigenvalue weighted by Gasteiger charge is -2.37. The number of nitrogens with one attached hydrogen (secondary N) is 3. The van der Waals surface area contributed by atoms with Gasteiger partial charge in [0.05, 0.1) is 4.75 Å². The van der Waals surface area contributed by atoms with E-state index in [1.54, 1.807) is 65.4 Å². The molecule has 1 aliphatic heterocycles. The molecule has 0 unspecified atom stereocenters. The average Bonchev–Trinajstić information content (AvgIpc) is 3.63. The summed E-state index contributed by atoms with van der Waals surface area (Å²) < 4.78 is 10.5. The minimum atomic E-state index is -1.18. The van der Waals surface area contributed by atoms with Gasteiger partial charge in [-0.2, -0.15) is 11.8 Å². The van der Waals surface area contributed by atoms with Crippen LogP contribution in [0.15, 0.2) is 115 Å². The van der Waals surface area contributed by atoms with Crippen LogP contribution in [0.4, 0.5) is 10.5 Å². The molecule has 13 heteroatoms. The highest BCUT2D eigenvalue weighted by molar-refractivity contribution is 8.00. The van der Waals surface area contributed by atoms with Gasteiger partial charge in [0.15, 0.2) is 0 Å². The fourth-order valence-corrected chi connectivity index (χ4v) is 9.55. The summed E-state index contributed by atoms with van der Waals surface area (Å²) in [5.41, 5.74) is 2.60. The van der Waals surface area contributed by atoms with Gasteiger partial charge in [0.2, 0.25) is 11.8 Å². The Hall–Kier alpha value is -5.27. The molecule has 5 rings (SSSR count). The number of amides is 4. The molecule has 4 amide bonds. The number of hydrogen-bond donors (Lipinski definition) is 3. The van der Waals surface area contributed by atoms with E-state index in [9.17, 15) is 19.2 Å². The topological polar surface area (TPSA) is 143 Å². The second kappa shape index (κ2) is 21.4. The molecular weight excluding hydrogens is 833 g/mol. The van der Waals surface area contributed by atoms with Crippen molar-refractivity contribution in [2.75, 3.05) is 22.7 Å². The Morgan fingerprint density at radius 1 is 0.683 bits per heavy atom. The van der Waals surface area contributed by atoms with Gasteiger partial charge in [-0.15, -0.1) is 11.8 Å². The lowest BCUT2D eigenvalue weighted by Crippen LogP contribution is -2.60. The molecule has 4 atom stereocenters. The van der Waals surface area contributed by atoms with Crippen LogP contribution < -0.4 is 20.9 Å². The van der Waals surface area contributed by atoms with Gasteiger partial charge in [-0.1, -0.05) is 123 Å². The first-order valence-electron chi connectivity index (χ1n) is 21.4. The maximum Gasteiger partial charge on any atom is 0.408 e. The minimum Gasteiger partial charge on any atom is -0.458 e. The molecule has 0 aromatic heterocycles. The Balaban J connectivity index is 1.49. The van der Waals surface area contributed by atoms with Crippen molar-refractivity contribution in [1.82, 2.24) is 16.0 Å². The maximum atomic E-state index is 15.0. The number of benzene rings is 4. The molecule has 336 valence electrons. The van der Waals surface area contributed by atoms with Crippen LogP contribution in [0.3, 0.4) is 0 Å². The average molecular weight is 895 g/mol. The summed E-state index contributed by atoms with van der Waals surface area (Å²) >= 11 is 3.03. The number of thioether (sulfide) groups is 2. The van der Waals surface area contributed by atoms with Crippen molar-refractivity contribution >= 4 is 59.0 Å². The molecule has 0 spiro atoms. The Labute approximate surface area is 381 Å². The number of alkyl carbamates (subject to hydrolysis) is 1. The largest absolute Gasteiger partial charge is 0.458 e. The predicted molar refractivity (Wildman–Crippen MR) is 254 cm³/mol. The van der Waals surface area contributed by atoms with E-state index in [2.05, 4.69) is 52.3 Å². The van der Waals surface area contributed by atoms with Crippen LogP contribution in [0.2, 0.25) is 0 Å². The van der Waals surface area contributed by atoms with Crippen molar-refractivity contribution in [3.05, 3.63) is 138 Å². The number of anilines is 1. The SMILES string of the molecule is CSCC[C@H](NC(=O)[C@@H]1Cc2ccccc2N1C(=O)[C@@H](NC(=O)[C@H](CSC(c1ccccc1)(c1ccccc1)c1ccccc1)NC(=O)OC(C)(C)C)C(C)C)C(=O)OC(C)(C)C. The predicted octanol–water partition coefficient (Wildman–Crippen LogP) is 8.28. The van der Waals surface area contributed by atoms with Crippen LogP contribution in [0, 0.1) is 5.92 Å². The smallest absolute Gasteiger partial charge is 0.408 e. The molecule has 1 heterocycles. The molecule has 0 aliphatic carbocycles. The number of para-hydroxylation sites is 1. The zero-order chi connectivity index (χ0) is 46.0. The normalized spacial score (nSPS) is 15.4. The van der Waals surface area contributed by atoms with Crippen molar-refractivity contribution in [2.24, 2.45) is 5.92 Å². The zero-order valence-electron chi connectivity index (χ0n) is 37.8. The molecular formula is C50H62N4O7S2. The van der Waals surface area contributed by atoms with E-state index in [1.165, 1.54) is 16.7 Å². The summed E-state index contributed by atoms with van der Waals surface area (Å²) in [4.78, 5) is 72.4. The number of esters is 1. The number of hydrogen-bond acceptors (Lipinski definition) is 9. The lowest BCUT2D eigenvalue weighted by molar-refractivity contribution is -0.158. The van der Waals surface area contributed by atoms with Gasteiger partial charge in [-0.3, -0.25) is 19.3 Å². The van der Waals surface area contributed by atoms with E-state index in [0.29, 0.717) is 17.9 Å². The van der Waals surface area contributed by atoms with Crippen LogP contribution in [0.5, 0.6) is 0 Å². The van der Waals surface area contributed by atoms with Gasteiger partial charge in [-0.25, -0.2) is 9.59 Å². The first-order valence-corrected chi connectivity index (χ1v) is 23.8. The standard InChI is InChI=1S/C50H62N4O7S2/c1-33(2)42(45(57)54-40-28-20-19-21-34(40)31-41(54)44(56)51-38(29-30-62-9)46(58)60-48(3,4)5)53-43(55)39(52-47(59)61-49(6,7)8)32-63-50(35-22-13-10-14-23-35,36-24-15-11-16-25-36)37-26-17-12-18-27-37/h10-28,33,38-39,41-42H,29-32H2,1-9H3,(H,51,56)(H,52,59)(H,53,55)/t38-,39-,41-,42-/m0/s1. The van der Waals surface area contributed by atoms with E-state index in [4.69, 9.17) is 9.47 Å². The van der Waals surface area contributed by atoms with E-state index in [1.807, 2.05) is 86.8 Å². The van der Waals surface area contributed by atoms with E-state index in [-0.39, 0.29) is 12.2 Å². The maximum absolute atomic E-state index is 15.0. The van der Waals surface area contributed by atoms with Gasteiger partial charge in [0.1, 0.15) is 35.4 Å². The third-order valence-electron chi connectivity index (χ3n) is 10.4. The van der Waals surface area contributed by atoms with Crippen LogP contribution in [0.1, 0.15) is 84.1 Å². The molecule has 1 aliphatic rings. The highest BCUT2D eigenvalue weighted by atomic mass is 32.2. The molecule has 4 aromatic rings. The monoisotopic (exact) mass is 894 g/mol. The Bertz CT molecular complexity index is 2080. The van der Waals surface area contributed by atoms with Gasteiger partial charge < -0.3 is 25.4 Å². The van der Waals surface area contributed by atoms with Gasteiger partial charge in [-0.05, 0) is 94.2 Å².